The van der Waals surface area contributed by atoms with Gasteiger partial charge < -0.3 is 34.8 Å². The predicted molar refractivity (Wildman–Crippen MR) is 107 cm³/mol. The molecule has 1 amide bonds. The maximum Gasteiger partial charge on any atom is 0.255 e. The number of aliphatic hydroxyl groups excluding tert-OH is 3. The first-order valence-electron chi connectivity index (χ1n) is 9.27. The lowest BCUT2D eigenvalue weighted by Crippen LogP contribution is -2.32. The highest BCUT2D eigenvalue weighted by atomic mass is 32.1. The molecule has 5 rings (SSSR count). The Balaban J connectivity index is 1.37. The largest absolute Gasteiger partial charge is 0.454 e. The van der Waals surface area contributed by atoms with Gasteiger partial charge in [-0.25, -0.2) is 4.98 Å². The van der Waals surface area contributed by atoms with Crippen molar-refractivity contribution in [2.75, 3.05) is 18.7 Å². The number of anilines is 1. The van der Waals surface area contributed by atoms with Gasteiger partial charge >= 0.3 is 0 Å². The number of nitrogens with one attached hydrogen (secondary N) is 1. The summed E-state index contributed by atoms with van der Waals surface area (Å²) in [5.41, 5.74) is 1.57. The van der Waals surface area contributed by atoms with Gasteiger partial charge in [0.25, 0.3) is 5.91 Å². The Morgan fingerprint density at radius 3 is 2.77 bits per heavy atom. The molecule has 30 heavy (non-hydrogen) atoms. The van der Waals surface area contributed by atoms with Crippen LogP contribution in [-0.2, 0) is 4.74 Å². The van der Waals surface area contributed by atoms with E-state index in [1.54, 1.807) is 36.4 Å². The summed E-state index contributed by atoms with van der Waals surface area (Å²) in [5, 5.41) is 32.7. The van der Waals surface area contributed by atoms with Crippen molar-refractivity contribution in [1.29, 1.82) is 0 Å². The van der Waals surface area contributed by atoms with Crippen molar-refractivity contribution >= 4 is 33.1 Å². The first-order chi connectivity index (χ1) is 14.5. The van der Waals surface area contributed by atoms with Gasteiger partial charge in [-0.2, -0.15) is 0 Å². The number of ether oxygens (including phenoxy) is 3. The van der Waals surface area contributed by atoms with Crippen LogP contribution in [0, 0.1) is 0 Å². The number of hydrogen-bond donors (Lipinski definition) is 4. The van der Waals surface area contributed by atoms with Crippen LogP contribution >= 0.6 is 11.3 Å². The minimum atomic E-state index is -1.19. The third-order valence-electron chi connectivity index (χ3n) is 5.08. The molecule has 1 fully saturated rings. The SMILES string of the molecule is O=C(Nc1ccc2c(c1)OCO2)c1ccc2sc([C@@H]3O[C@H](CO)[C@@H](O)[C@H]3O)nc2c1. The third kappa shape index (κ3) is 3.28. The summed E-state index contributed by atoms with van der Waals surface area (Å²) in [6.07, 6.45) is -4.06. The van der Waals surface area contributed by atoms with E-state index in [4.69, 9.17) is 14.2 Å². The molecule has 1 aromatic heterocycles. The molecule has 4 N–H and O–H groups in total. The van der Waals surface area contributed by atoms with E-state index in [0.29, 0.717) is 33.3 Å². The van der Waals surface area contributed by atoms with Gasteiger partial charge in [-0.05, 0) is 30.3 Å². The standard InChI is InChI=1S/C20H18N2O7S/c23-7-14-16(24)17(25)18(29-14)20-22-11-5-9(1-4-15(11)30-20)19(26)21-10-2-3-12-13(6-10)28-8-27-12/h1-6,14,16-18,23-25H,7-8H2,(H,21,26)/t14-,16-,17-,18-/m1/s1. The van der Waals surface area contributed by atoms with E-state index < -0.39 is 31.0 Å². The van der Waals surface area contributed by atoms with Crippen LogP contribution in [0.4, 0.5) is 5.69 Å². The lowest BCUT2D eigenvalue weighted by atomic mass is 10.1. The number of carbonyl (C=O) groups excluding carboxylic acids is 1. The van der Waals surface area contributed by atoms with E-state index in [-0.39, 0.29) is 12.7 Å². The number of fused-ring (bicyclic) bond motifs is 2. The van der Waals surface area contributed by atoms with Crippen LogP contribution in [0.5, 0.6) is 11.5 Å². The van der Waals surface area contributed by atoms with E-state index in [2.05, 4.69) is 10.3 Å². The van der Waals surface area contributed by atoms with Crippen molar-refractivity contribution in [1.82, 2.24) is 4.98 Å². The van der Waals surface area contributed by atoms with Crippen LogP contribution in [0.25, 0.3) is 10.2 Å². The summed E-state index contributed by atoms with van der Waals surface area (Å²) < 4.78 is 16.9. The maximum atomic E-state index is 12.7. The third-order valence-corrected chi connectivity index (χ3v) is 6.18. The monoisotopic (exact) mass is 430 g/mol. The number of thiazole rings is 1. The minimum Gasteiger partial charge on any atom is -0.454 e. The fourth-order valence-corrected chi connectivity index (χ4v) is 4.52. The highest BCUT2D eigenvalue weighted by molar-refractivity contribution is 7.18. The van der Waals surface area contributed by atoms with Crippen LogP contribution < -0.4 is 14.8 Å². The number of amides is 1. The van der Waals surface area contributed by atoms with E-state index >= 15 is 0 Å². The smallest absolute Gasteiger partial charge is 0.255 e. The second kappa shape index (κ2) is 7.49. The zero-order valence-corrected chi connectivity index (χ0v) is 16.3. The number of hydrogen-bond acceptors (Lipinski definition) is 9. The van der Waals surface area contributed by atoms with Gasteiger partial charge in [-0.1, -0.05) is 0 Å². The van der Waals surface area contributed by atoms with E-state index in [9.17, 15) is 20.1 Å². The lowest BCUT2D eigenvalue weighted by molar-refractivity contribution is -0.0227. The van der Waals surface area contributed by atoms with Crippen molar-refractivity contribution in [3.05, 3.63) is 47.0 Å². The Bertz CT molecular complexity index is 1120. The second-order valence-electron chi connectivity index (χ2n) is 7.02. The zero-order chi connectivity index (χ0) is 20.8. The summed E-state index contributed by atoms with van der Waals surface area (Å²) >= 11 is 1.30. The molecule has 2 aliphatic heterocycles. The molecule has 0 aliphatic carbocycles. The van der Waals surface area contributed by atoms with Gasteiger partial charge in [-0.15, -0.1) is 11.3 Å². The van der Waals surface area contributed by atoms with Gasteiger partial charge in [0.2, 0.25) is 6.79 Å². The Morgan fingerprint density at radius 1 is 1.13 bits per heavy atom. The molecule has 9 nitrogen and oxygen atoms in total. The predicted octanol–water partition coefficient (Wildman–Crippen LogP) is 1.43. The van der Waals surface area contributed by atoms with Crippen LogP contribution in [0.15, 0.2) is 36.4 Å². The van der Waals surface area contributed by atoms with Crippen LogP contribution in [0.3, 0.4) is 0 Å². The summed E-state index contributed by atoms with van der Waals surface area (Å²) in [4.78, 5) is 17.1. The fraction of sp³-hybridized carbons (Fsp3) is 0.300. The molecule has 156 valence electrons. The van der Waals surface area contributed by atoms with Crippen LogP contribution in [0.2, 0.25) is 0 Å². The van der Waals surface area contributed by atoms with Crippen molar-refractivity contribution < 1.29 is 34.3 Å². The molecule has 0 bridgehead atoms. The van der Waals surface area contributed by atoms with Crippen LogP contribution in [-0.4, -0.2) is 57.9 Å². The molecule has 3 heterocycles. The molecular formula is C20H18N2O7S. The van der Waals surface area contributed by atoms with Crippen molar-refractivity contribution in [2.45, 2.75) is 24.4 Å². The molecule has 0 spiro atoms. The Kier molecular flexibility index (Phi) is 4.80. The van der Waals surface area contributed by atoms with E-state index in [1.807, 2.05) is 0 Å². The van der Waals surface area contributed by atoms with Crippen molar-refractivity contribution in [3.63, 3.8) is 0 Å². The molecule has 3 aromatic rings. The molecule has 2 aromatic carbocycles. The first kappa shape index (κ1) is 19.2. The molecule has 0 radical (unpaired) electrons. The van der Waals surface area contributed by atoms with Gasteiger partial charge in [-0.3, -0.25) is 4.79 Å². The van der Waals surface area contributed by atoms with Crippen LogP contribution in [0.1, 0.15) is 21.5 Å². The van der Waals surface area contributed by atoms with Gasteiger partial charge in [0.15, 0.2) is 11.5 Å². The summed E-state index contributed by atoms with van der Waals surface area (Å²) in [6.45, 7) is -0.241. The molecule has 4 atom stereocenters. The maximum absolute atomic E-state index is 12.7. The molecule has 0 unspecified atom stereocenters. The molecular weight excluding hydrogens is 412 g/mol. The van der Waals surface area contributed by atoms with Gasteiger partial charge in [0, 0.05) is 17.3 Å². The summed E-state index contributed by atoms with van der Waals surface area (Å²) in [5.74, 6) is 0.901. The Labute approximate surface area is 174 Å². The topological polar surface area (TPSA) is 130 Å². The number of rotatable bonds is 4. The summed E-state index contributed by atoms with van der Waals surface area (Å²) in [7, 11) is 0. The van der Waals surface area contributed by atoms with Gasteiger partial charge in [0.1, 0.15) is 29.4 Å². The Morgan fingerprint density at radius 2 is 1.97 bits per heavy atom. The van der Waals surface area contributed by atoms with Crippen molar-refractivity contribution in [3.8, 4) is 11.5 Å². The Hall–Kier alpha value is -2.76. The molecule has 2 aliphatic rings. The van der Waals surface area contributed by atoms with E-state index in [1.165, 1.54) is 11.3 Å². The molecule has 10 heteroatoms. The second-order valence-corrected chi connectivity index (χ2v) is 8.08. The number of carbonyl (C=O) groups is 1. The fourth-order valence-electron chi connectivity index (χ4n) is 3.49. The highest BCUT2D eigenvalue weighted by Crippen LogP contribution is 2.38. The minimum absolute atomic E-state index is 0.158. The van der Waals surface area contributed by atoms with Gasteiger partial charge in [0.05, 0.1) is 16.8 Å². The average molecular weight is 430 g/mol. The average Bonchev–Trinajstić information content (AvgIpc) is 3.45. The molecule has 1 saturated heterocycles. The molecule has 0 saturated carbocycles. The lowest BCUT2D eigenvalue weighted by Gasteiger charge is -2.11. The summed E-state index contributed by atoms with van der Waals surface area (Å²) in [6, 6.07) is 10.3. The number of aromatic nitrogens is 1. The normalized spacial score (nSPS) is 25.0. The van der Waals surface area contributed by atoms with Crippen molar-refractivity contribution in [2.24, 2.45) is 0 Å². The highest BCUT2D eigenvalue weighted by Gasteiger charge is 2.44. The zero-order valence-electron chi connectivity index (χ0n) is 15.5. The number of benzene rings is 2. The van der Waals surface area contributed by atoms with E-state index in [0.717, 1.165) is 4.70 Å². The number of nitrogens with zero attached hydrogens (tertiary/aromatic N) is 1. The quantitative estimate of drug-likeness (QED) is 0.489. The first-order valence-corrected chi connectivity index (χ1v) is 10.1. The number of aliphatic hydroxyl groups is 3.